The number of carbonyl (C=O) groups is 1. The van der Waals surface area contributed by atoms with Crippen molar-refractivity contribution in [2.24, 2.45) is 0 Å². The van der Waals surface area contributed by atoms with Crippen molar-refractivity contribution < 1.29 is 18.8 Å². The number of methoxy groups -OCH3 is 2. The molecule has 0 spiro atoms. The zero-order chi connectivity index (χ0) is 18.8. The Labute approximate surface area is 160 Å². The lowest BCUT2D eigenvalue weighted by molar-refractivity contribution is -0.135. The van der Waals surface area contributed by atoms with Crippen LogP contribution in [0.4, 0.5) is 0 Å². The van der Waals surface area contributed by atoms with E-state index < -0.39 is 0 Å². The highest BCUT2D eigenvalue weighted by Gasteiger charge is 2.35. The number of hydrogen-bond donors (Lipinski definition) is 0. The van der Waals surface area contributed by atoms with Crippen LogP contribution in [0.15, 0.2) is 40.2 Å². The summed E-state index contributed by atoms with van der Waals surface area (Å²) in [5, 5.41) is 6.01. The molecule has 1 saturated heterocycles. The molecule has 0 atom stereocenters. The van der Waals surface area contributed by atoms with Crippen molar-refractivity contribution in [2.45, 2.75) is 12.3 Å². The summed E-state index contributed by atoms with van der Waals surface area (Å²) in [6.45, 7) is 1.19. The molecular weight excluding hydrogens is 366 g/mol. The van der Waals surface area contributed by atoms with Gasteiger partial charge < -0.3 is 18.9 Å². The Morgan fingerprint density at radius 1 is 1.26 bits per heavy atom. The third-order valence-electron chi connectivity index (χ3n) is 4.57. The van der Waals surface area contributed by atoms with Crippen LogP contribution in [-0.2, 0) is 11.2 Å². The third kappa shape index (κ3) is 3.52. The van der Waals surface area contributed by atoms with Crippen molar-refractivity contribution in [3.63, 3.8) is 0 Å². The summed E-state index contributed by atoms with van der Waals surface area (Å²) < 4.78 is 15.9. The molecule has 0 N–H and O–H groups in total. The first-order chi connectivity index (χ1) is 13.2. The van der Waals surface area contributed by atoms with Gasteiger partial charge in [0.05, 0.1) is 31.4 Å². The van der Waals surface area contributed by atoms with E-state index in [9.17, 15) is 4.79 Å². The van der Waals surface area contributed by atoms with Crippen LogP contribution in [0.25, 0.3) is 10.7 Å². The molecule has 2 aromatic heterocycles. The third-order valence-corrected chi connectivity index (χ3v) is 5.44. The Bertz CT molecular complexity index is 932. The SMILES string of the molecule is COc1ccc(CC(=O)N2CC(c3nc(-c4cccs4)no3)C2)cc1OC. The summed E-state index contributed by atoms with van der Waals surface area (Å²) in [6.07, 6.45) is 0.317. The summed E-state index contributed by atoms with van der Waals surface area (Å²) >= 11 is 1.57. The number of amides is 1. The maximum atomic E-state index is 12.5. The van der Waals surface area contributed by atoms with Gasteiger partial charge in [-0.25, -0.2) is 0 Å². The molecule has 0 bridgehead atoms. The Balaban J connectivity index is 1.35. The maximum absolute atomic E-state index is 12.5. The van der Waals surface area contributed by atoms with Gasteiger partial charge in [-0.05, 0) is 29.1 Å². The fourth-order valence-electron chi connectivity index (χ4n) is 3.02. The number of rotatable bonds is 6. The smallest absolute Gasteiger partial charge is 0.233 e. The van der Waals surface area contributed by atoms with Crippen molar-refractivity contribution >= 4 is 17.2 Å². The molecule has 3 heterocycles. The highest BCUT2D eigenvalue weighted by Crippen LogP contribution is 2.31. The first-order valence-corrected chi connectivity index (χ1v) is 9.42. The molecule has 1 fully saturated rings. The molecule has 0 saturated carbocycles. The molecule has 4 rings (SSSR count). The fraction of sp³-hybridized carbons (Fsp3) is 0.316. The van der Waals surface area contributed by atoms with E-state index >= 15 is 0 Å². The van der Waals surface area contributed by atoms with Gasteiger partial charge in [0.15, 0.2) is 11.5 Å². The number of benzene rings is 1. The van der Waals surface area contributed by atoms with Crippen LogP contribution in [0.2, 0.25) is 0 Å². The number of likely N-dealkylation sites (tertiary alicyclic amines) is 1. The number of aromatic nitrogens is 2. The van der Waals surface area contributed by atoms with Crippen molar-refractivity contribution in [1.82, 2.24) is 15.0 Å². The van der Waals surface area contributed by atoms with Crippen LogP contribution >= 0.6 is 11.3 Å². The number of nitrogens with zero attached hydrogens (tertiary/aromatic N) is 3. The second-order valence-electron chi connectivity index (χ2n) is 6.30. The topological polar surface area (TPSA) is 77.7 Å². The van der Waals surface area contributed by atoms with Gasteiger partial charge in [0.1, 0.15) is 0 Å². The van der Waals surface area contributed by atoms with Crippen LogP contribution in [0, 0.1) is 0 Å². The summed E-state index contributed by atoms with van der Waals surface area (Å²) in [7, 11) is 3.17. The quantitative estimate of drug-likeness (QED) is 0.649. The molecule has 1 aliphatic rings. The van der Waals surface area contributed by atoms with Crippen LogP contribution in [-0.4, -0.2) is 48.3 Å². The molecule has 27 heavy (non-hydrogen) atoms. The van der Waals surface area contributed by atoms with Gasteiger partial charge in [-0.2, -0.15) is 4.98 Å². The van der Waals surface area contributed by atoms with E-state index in [-0.39, 0.29) is 11.8 Å². The Morgan fingerprint density at radius 2 is 2.07 bits per heavy atom. The lowest BCUT2D eigenvalue weighted by Gasteiger charge is -2.37. The van der Waals surface area contributed by atoms with Crippen LogP contribution < -0.4 is 9.47 Å². The predicted molar refractivity (Wildman–Crippen MR) is 100 cm³/mol. The van der Waals surface area contributed by atoms with Crippen molar-refractivity contribution in [3.05, 3.63) is 47.2 Å². The van der Waals surface area contributed by atoms with Crippen LogP contribution in [0.1, 0.15) is 17.4 Å². The molecule has 0 radical (unpaired) electrons. The van der Waals surface area contributed by atoms with E-state index in [1.165, 1.54) is 0 Å². The minimum atomic E-state index is 0.0662. The van der Waals surface area contributed by atoms with E-state index in [0.29, 0.717) is 42.7 Å². The monoisotopic (exact) mass is 385 g/mol. The number of hydrogen-bond acceptors (Lipinski definition) is 7. The lowest BCUT2D eigenvalue weighted by Crippen LogP contribution is -2.49. The highest BCUT2D eigenvalue weighted by atomic mass is 32.1. The van der Waals surface area contributed by atoms with Gasteiger partial charge >= 0.3 is 0 Å². The van der Waals surface area contributed by atoms with Gasteiger partial charge in [-0.3, -0.25) is 4.79 Å². The molecule has 1 amide bonds. The molecule has 0 unspecified atom stereocenters. The average Bonchev–Trinajstić information content (AvgIpc) is 3.32. The normalized spacial score (nSPS) is 14.1. The van der Waals surface area contributed by atoms with Gasteiger partial charge in [0.2, 0.25) is 17.6 Å². The summed E-state index contributed by atoms with van der Waals surface area (Å²) in [4.78, 5) is 19.7. The van der Waals surface area contributed by atoms with Gasteiger partial charge in [-0.15, -0.1) is 11.3 Å². The molecule has 0 aliphatic carbocycles. The highest BCUT2D eigenvalue weighted by molar-refractivity contribution is 7.13. The first kappa shape index (κ1) is 17.5. The molecule has 8 heteroatoms. The van der Waals surface area contributed by atoms with Crippen molar-refractivity contribution in [1.29, 1.82) is 0 Å². The number of thiophene rings is 1. The van der Waals surface area contributed by atoms with Gasteiger partial charge in [-0.1, -0.05) is 17.3 Å². The molecule has 140 valence electrons. The molecule has 3 aromatic rings. The van der Waals surface area contributed by atoms with E-state index in [0.717, 1.165) is 10.4 Å². The van der Waals surface area contributed by atoms with Crippen LogP contribution in [0.5, 0.6) is 11.5 Å². The van der Waals surface area contributed by atoms with Crippen LogP contribution in [0.3, 0.4) is 0 Å². The molecular formula is C19H19N3O4S. The molecule has 1 aromatic carbocycles. The van der Waals surface area contributed by atoms with Crippen molar-refractivity contribution in [3.8, 4) is 22.2 Å². The average molecular weight is 385 g/mol. The van der Waals surface area contributed by atoms with E-state index in [1.54, 1.807) is 30.5 Å². The minimum Gasteiger partial charge on any atom is -0.493 e. The second kappa shape index (κ2) is 7.40. The predicted octanol–water partition coefficient (Wildman–Crippen LogP) is 2.98. The van der Waals surface area contributed by atoms with E-state index in [4.69, 9.17) is 14.0 Å². The summed E-state index contributed by atoms with van der Waals surface area (Å²) in [5.41, 5.74) is 0.888. The zero-order valence-corrected chi connectivity index (χ0v) is 15.9. The molecule has 1 aliphatic heterocycles. The Hall–Kier alpha value is -2.87. The maximum Gasteiger partial charge on any atom is 0.233 e. The zero-order valence-electron chi connectivity index (χ0n) is 15.0. The Morgan fingerprint density at radius 3 is 2.78 bits per heavy atom. The summed E-state index contributed by atoms with van der Waals surface area (Å²) in [6, 6.07) is 9.43. The fourth-order valence-corrected chi connectivity index (χ4v) is 3.67. The van der Waals surface area contributed by atoms with Crippen molar-refractivity contribution in [2.75, 3.05) is 27.3 Å². The van der Waals surface area contributed by atoms with Gasteiger partial charge in [0.25, 0.3) is 0 Å². The minimum absolute atomic E-state index is 0.0662. The second-order valence-corrected chi connectivity index (χ2v) is 7.24. The lowest BCUT2D eigenvalue weighted by atomic mass is 9.98. The Kier molecular flexibility index (Phi) is 4.81. The molecule has 7 nitrogen and oxygen atoms in total. The van der Waals surface area contributed by atoms with E-state index in [2.05, 4.69) is 10.1 Å². The number of ether oxygens (including phenoxy) is 2. The summed E-state index contributed by atoms with van der Waals surface area (Å²) in [5.74, 6) is 2.63. The van der Waals surface area contributed by atoms with Gasteiger partial charge in [0, 0.05) is 13.1 Å². The van der Waals surface area contributed by atoms with E-state index in [1.807, 2.05) is 35.7 Å². The number of carbonyl (C=O) groups excluding carboxylic acids is 1. The standard InChI is InChI=1S/C19H19N3O4S/c1-24-14-6-5-12(8-15(14)25-2)9-17(23)22-10-13(11-22)19-20-18(21-26-19)16-4-3-7-27-16/h3-8,13H,9-11H2,1-2H3. The first-order valence-electron chi connectivity index (χ1n) is 8.54. The largest absolute Gasteiger partial charge is 0.493 e.